The Kier molecular flexibility index (Phi) is 3.48. The summed E-state index contributed by atoms with van der Waals surface area (Å²) in [5.74, 6) is 0.546. The van der Waals surface area contributed by atoms with Gasteiger partial charge in [0, 0.05) is 21.2 Å². The molecule has 0 amide bonds. The zero-order chi connectivity index (χ0) is 15.5. The van der Waals surface area contributed by atoms with Crippen LogP contribution in [-0.4, -0.2) is 17.1 Å². The molecule has 0 radical (unpaired) electrons. The number of rotatable bonds is 1. The number of hydrogen-bond acceptors (Lipinski definition) is 3. The van der Waals surface area contributed by atoms with Crippen molar-refractivity contribution < 1.29 is 9.53 Å². The van der Waals surface area contributed by atoms with Crippen LogP contribution in [-0.2, 0) is 4.74 Å². The third-order valence-electron chi connectivity index (χ3n) is 3.96. The van der Waals surface area contributed by atoms with Crippen molar-refractivity contribution >= 4 is 52.3 Å². The Balaban J connectivity index is 1.70. The molecule has 0 aliphatic carbocycles. The highest BCUT2D eigenvalue weighted by Gasteiger charge is 2.64. The lowest BCUT2D eigenvalue weighted by Gasteiger charge is -2.21. The van der Waals surface area contributed by atoms with E-state index in [4.69, 9.17) is 39.5 Å². The second-order valence-electron chi connectivity index (χ2n) is 5.32. The largest absolute Gasteiger partial charge is 0.351 e. The fourth-order valence-electron chi connectivity index (χ4n) is 2.74. The van der Waals surface area contributed by atoms with Crippen LogP contribution in [0.4, 0.5) is 0 Å². The van der Waals surface area contributed by atoms with Crippen molar-refractivity contribution in [1.29, 1.82) is 0 Å². The molecule has 1 fully saturated rings. The summed E-state index contributed by atoms with van der Waals surface area (Å²) in [6.07, 6.45) is -0.229. The van der Waals surface area contributed by atoms with Gasteiger partial charge in [0.15, 0.2) is 11.4 Å². The van der Waals surface area contributed by atoms with Crippen molar-refractivity contribution in [3.05, 3.63) is 62.6 Å². The summed E-state index contributed by atoms with van der Waals surface area (Å²) >= 11 is 19.5. The summed E-state index contributed by atoms with van der Waals surface area (Å²) in [4.78, 5) is 13.7. The number of carbonyl (C=O) groups excluding carboxylic acids is 1. The Morgan fingerprint density at radius 1 is 1.09 bits per heavy atom. The van der Waals surface area contributed by atoms with Crippen molar-refractivity contribution in [2.24, 2.45) is 0 Å². The average Bonchev–Trinajstić information content (AvgIpc) is 3.22. The van der Waals surface area contributed by atoms with Gasteiger partial charge in [-0.25, -0.2) is 0 Å². The molecule has 2 aromatic rings. The Morgan fingerprint density at radius 3 is 2.50 bits per heavy atom. The molecule has 4 rings (SSSR count). The van der Waals surface area contributed by atoms with Crippen LogP contribution >= 0.6 is 46.6 Å². The highest BCUT2D eigenvalue weighted by Crippen LogP contribution is 2.57. The van der Waals surface area contributed by atoms with Crippen molar-refractivity contribution in [3.8, 4) is 0 Å². The summed E-state index contributed by atoms with van der Waals surface area (Å²) in [6, 6.07) is 10.8. The van der Waals surface area contributed by atoms with Crippen LogP contribution in [0.2, 0.25) is 15.1 Å². The Bertz CT molecular complexity index is 791. The summed E-state index contributed by atoms with van der Waals surface area (Å²) in [5.41, 5.74) is 0.756. The minimum atomic E-state index is -0.789. The molecule has 2 heterocycles. The minimum absolute atomic E-state index is 0.0280. The number of halogens is 3. The number of thioether (sulfide) groups is 1. The maximum atomic E-state index is 12.8. The smallest absolute Gasteiger partial charge is 0.199 e. The third kappa shape index (κ3) is 2.19. The molecule has 2 aliphatic heterocycles. The highest BCUT2D eigenvalue weighted by atomic mass is 35.5. The molecule has 0 bridgehead atoms. The first-order chi connectivity index (χ1) is 10.5. The average molecular weight is 372 g/mol. The minimum Gasteiger partial charge on any atom is -0.351 e. The number of ketones is 1. The van der Waals surface area contributed by atoms with E-state index in [0.29, 0.717) is 26.4 Å². The van der Waals surface area contributed by atoms with Crippen molar-refractivity contribution in [2.45, 2.75) is 16.6 Å². The zero-order valence-electron chi connectivity index (χ0n) is 11.1. The second-order valence-corrected chi connectivity index (χ2v) is 7.59. The topological polar surface area (TPSA) is 29.6 Å². The van der Waals surface area contributed by atoms with Crippen molar-refractivity contribution in [1.82, 2.24) is 0 Å². The summed E-state index contributed by atoms with van der Waals surface area (Å²) in [7, 11) is 0. The molecule has 0 N–H and O–H groups in total. The van der Waals surface area contributed by atoms with E-state index < -0.39 is 5.60 Å². The maximum absolute atomic E-state index is 12.8. The van der Waals surface area contributed by atoms with Gasteiger partial charge >= 0.3 is 0 Å². The van der Waals surface area contributed by atoms with Gasteiger partial charge in [-0.2, -0.15) is 0 Å². The lowest BCUT2D eigenvalue weighted by molar-refractivity contribution is 0.0885. The van der Waals surface area contributed by atoms with Gasteiger partial charge in [-0.05, 0) is 29.8 Å². The summed E-state index contributed by atoms with van der Waals surface area (Å²) < 4.78 is 5.82. The van der Waals surface area contributed by atoms with Crippen LogP contribution in [0.1, 0.15) is 22.0 Å². The molecule has 0 saturated carbocycles. The van der Waals surface area contributed by atoms with E-state index in [9.17, 15) is 4.79 Å². The zero-order valence-corrected chi connectivity index (χ0v) is 14.2. The van der Waals surface area contributed by atoms with Gasteiger partial charge in [-0.3, -0.25) is 4.79 Å². The predicted octanol–water partition coefficient (Wildman–Crippen LogP) is 5.45. The standard InChI is InChI=1S/C16H9Cl3O2S/c17-9-3-1-8(2-4-9)15-16(21-15)7-22-13-6-12(19)11(18)5-10(13)14(16)20/h1-6,15H,7H2. The normalized spacial score (nSPS) is 26.1. The van der Waals surface area contributed by atoms with Gasteiger partial charge in [0.25, 0.3) is 0 Å². The molecule has 1 saturated heterocycles. The molecule has 112 valence electrons. The molecule has 2 atom stereocenters. The first kappa shape index (κ1) is 14.9. The molecule has 2 aliphatic rings. The number of benzene rings is 2. The molecule has 2 aromatic carbocycles. The maximum Gasteiger partial charge on any atom is 0.199 e. The van der Waals surface area contributed by atoms with E-state index in [1.807, 2.05) is 12.1 Å². The summed E-state index contributed by atoms with van der Waals surface area (Å²) in [6.45, 7) is 0. The number of ether oxygens (including phenoxy) is 1. The third-order valence-corrected chi connectivity index (χ3v) is 6.16. The van der Waals surface area contributed by atoms with E-state index in [2.05, 4.69) is 0 Å². The van der Waals surface area contributed by atoms with E-state index in [1.165, 1.54) is 0 Å². The molecule has 2 unspecified atom stereocenters. The van der Waals surface area contributed by atoms with Gasteiger partial charge < -0.3 is 4.74 Å². The second kappa shape index (κ2) is 5.15. The number of Topliss-reactive ketones (excluding diaryl/α,β-unsaturated/α-hetero) is 1. The Morgan fingerprint density at radius 2 is 1.77 bits per heavy atom. The van der Waals surface area contributed by atoms with Gasteiger partial charge in [-0.1, -0.05) is 46.9 Å². The molecular formula is C16H9Cl3O2S. The number of carbonyl (C=O) groups is 1. The van der Waals surface area contributed by atoms with Crippen LogP contribution in [0.5, 0.6) is 0 Å². The van der Waals surface area contributed by atoms with Crippen molar-refractivity contribution in [3.63, 3.8) is 0 Å². The Labute approximate surface area is 146 Å². The van der Waals surface area contributed by atoms with Crippen molar-refractivity contribution in [2.75, 3.05) is 5.75 Å². The first-order valence-corrected chi connectivity index (χ1v) is 8.73. The fraction of sp³-hybridized carbons (Fsp3) is 0.188. The van der Waals surface area contributed by atoms with Crippen LogP contribution < -0.4 is 0 Å². The SMILES string of the molecule is O=C1c2cc(Cl)c(Cl)cc2SCC12OC2c1ccc(Cl)cc1. The van der Waals surface area contributed by atoms with E-state index in [-0.39, 0.29) is 11.9 Å². The summed E-state index contributed by atoms with van der Waals surface area (Å²) in [5, 5.41) is 1.51. The van der Waals surface area contributed by atoms with E-state index >= 15 is 0 Å². The number of hydrogen-bond donors (Lipinski definition) is 0. The van der Waals surface area contributed by atoms with Gasteiger partial charge in [0.2, 0.25) is 0 Å². The van der Waals surface area contributed by atoms with Gasteiger partial charge in [-0.15, -0.1) is 11.8 Å². The Hall–Kier alpha value is -0.710. The molecule has 1 spiro atoms. The lowest BCUT2D eigenvalue weighted by atomic mass is 9.92. The quantitative estimate of drug-likeness (QED) is 0.625. The van der Waals surface area contributed by atoms with Crippen LogP contribution in [0, 0.1) is 0 Å². The van der Waals surface area contributed by atoms with Gasteiger partial charge in [0.05, 0.1) is 10.0 Å². The van der Waals surface area contributed by atoms with Gasteiger partial charge in [0.1, 0.15) is 6.10 Å². The lowest BCUT2D eigenvalue weighted by Crippen LogP contribution is -2.32. The molecule has 0 aromatic heterocycles. The molecular weight excluding hydrogens is 363 g/mol. The predicted molar refractivity (Wildman–Crippen MR) is 89.5 cm³/mol. The fourth-order valence-corrected chi connectivity index (χ4v) is 4.48. The molecule has 22 heavy (non-hydrogen) atoms. The van der Waals surface area contributed by atoms with E-state index in [0.717, 1.165) is 10.5 Å². The van der Waals surface area contributed by atoms with Crippen LogP contribution in [0.3, 0.4) is 0 Å². The number of epoxide rings is 1. The van der Waals surface area contributed by atoms with Crippen LogP contribution in [0.15, 0.2) is 41.3 Å². The number of fused-ring (bicyclic) bond motifs is 1. The first-order valence-electron chi connectivity index (χ1n) is 6.61. The molecule has 2 nitrogen and oxygen atoms in total. The monoisotopic (exact) mass is 370 g/mol. The molecule has 6 heteroatoms. The van der Waals surface area contributed by atoms with Crippen LogP contribution in [0.25, 0.3) is 0 Å². The van der Waals surface area contributed by atoms with E-state index in [1.54, 1.807) is 36.0 Å². The highest BCUT2D eigenvalue weighted by molar-refractivity contribution is 7.99.